The highest BCUT2D eigenvalue weighted by Crippen LogP contribution is 2.32. The number of nitrogens with one attached hydrogen (secondary N) is 3. The van der Waals surface area contributed by atoms with E-state index in [0.717, 1.165) is 9.96 Å². The second kappa shape index (κ2) is 25.0. The average Bonchev–Trinajstić information content (AvgIpc) is 3.88. The summed E-state index contributed by atoms with van der Waals surface area (Å²) in [7, 11) is 0. The second-order valence-corrected chi connectivity index (χ2v) is 18.1. The lowest BCUT2D eigenvalue weighted by atomic mass is 10.0. The Labute approximate surface area is 390 Å². The first kappa shape index (κ1) is 54.0. The molecule has 0 saturated carbocycles. The molecule has 1 saturated heterocycles. The van der Waals surface area contributed by atoms with Crippen LogP contribution in [0.25, 0.3) is 21.9 Å². The maximum Gasteiger partial charge on any atom is 0.407 e. The van der Waals surface area contributed by atoms with Crippen molar-refractivity contribution < 1.29 is 67.2 Å². The fourth-order valence-electron chi connectivity index (χ4n) is 7.36. The molecule has 0 bridgehead atoms. The maximum atomic E-state index is 14.2. The number of carbonyl (C=O) groups excluding carboxylic acids is 5. The van der Waals surface area contributed by atoms with Gasteiger partial charge >= 0.3 is 18.0 Å². The van der Waals surface area contributed by atoms with Crippen molar-refractivity contribution in [2.75, 3.05) is 64.7 Å². The number of alkyl carbamates (subject to hydrolysis) is 1. The molecule has 1 fully saturated rings. The number of ether oxygens (including phenoxy) is 5. The third kappa shape index (κ3) is 16.3. The summed E-state index contributed by atoms with van der Waals surface area (Å²) < 4.78 is 29.9. The highest BCUT2D eigenvalue weighted by molar-refractivity contribution is 6.10. The number of aliphatic hydroxyl groups is 1. The average molecular weight is 942 g/mol. The van der Waals surface area contributed by atoms with Gasteiger partial charge in [0, 0.05) is 25.1 Å². The van der Waals surface area contributed by atoms with Crippen LogP contribution < -0.4 is 16.0 Å². The van der Waals surface area contributed by atoms with Gasteiger partial charge in [-0.15, -0.1) is 0 Å². The van der Waals surface area contributed by atoms with Gasteiger partial charge < -0.3 is 59.3 Å². The van der Waals surface area contributed by atoms with Crippen LogP contribution in [0.4, 0.5) is 10.6 Å². The number of fused-ring (bicyclic) bond motifs is 3. The predicted molar refractivity (Wildman–Crippen MR) is 247 cm³/mol. The normalized spacial score (nSPS) is 15.1. The monoisotopic (exact) mass is 941 g/mol. The molecular formula is C46H69N8O13+. The van der Waals surface area contributed by atoms with Crippen LogP contribution in [0, 0.1) is 5.92 Å². The van der Waals surface area contributed by atoms with E-state index in [1.807, 2.05) is 29.7 Å². The molecule has 370 valence electrons. The van der Waals surface area contributed by atoms with E-state index in [-0.39, 0.29) is 84.5 Å². The third-order valence-corrected chi connectivity index (χ3v) is 10.4. The molecule has 1 aromatic carbocycles. The van der Waals surface area contributed by atoms with Crippen LogP contribution in [0.5, 0.6) is 0 Å². The molecule has 21 nitrogen and oxygen atoms in total. The molecule has 5 N–H and O–H groups in total. The molecule has 0 aliphatic carbocycles. The van der Waals surface area contributed by atoms with E-state index in [2.05, 4.69) is 22.7 Å². The Hall–Kier alpha value is -5.61. The van der Waals surface area contributed by atoms with Crippen molar-refractivity contribution in [2.24, 2.45) is 5.92 Å². The van der Waals surface area contributed by atoms with Gasteiger partial charge in [-0.3, -0.25) is 19.2 Å². The number of carbonyl (C=O) groups is 6. The second-order valence-electron chi connectivity index (χ2n) is 18.1. The largest absolute Gasteiger partial charge is 0.481 e. The summed E-state index contributed by atoms with van der Waals surface area (Å²) in [5.41, 5.74) is -0.159. The highest BCUT2D eigenvalue weighted by atomic mass is 16.6. The highest BCUT2D eigenvalue weighted by Gasteiger charge is 2.44. The number of para-hydroxylation sites is 1. The minimum absolute atomic E-state index is 0.0557. The summed E-state index contributed by atoms with van der Waals surface area (Å²) >= 11 is 0. The number of anilines is 1. The zero-order chi connectivity index (χ0) is 49.5. The fraction of sp³-hybridized carbons (Fsp3) is 0.630. The standard InChI is InChI=1S/C46H68N8O13/c1-10-63-27-34-49-38-39(54(34)28-46(7,8)62)30-14-11-12-15-31(30)48-40(38)51-42(59)37(29(2)3)50-41(58)32-16-13-19-53(32)43(60)33(26-36(56)57)52(9)35(55)17-20-64-22-24-66-25-23-65-21-18-47-44(61)67-45(4,5)6/h11-12,14-15,29,32-33,37,62H,9-10,13,16-28H2,1-8H3,(H3-,47,48,50,51,56,57,58,59,61)/p+1/t32-,33-,37-/m0/s1. The SMILES string of the molecule is C=[N+](C(=O)CCOCCOCCOCCNC(=O)OC(C)(C)C)[C@@H](CC(=O)O)C(=O)N1CCC[C@H]1C(=O)N[C@H](C(=O)Nc1nc2ccccc2c2c1nc(COCC)n2CC(C)(C)O)C(C)C. The first-order valence-corrected chi connectivity index (χ1v) is 22.7. The van der Waals surface area contributed by atoms with Crippen LogP contribution in [0.3, 0.4) is 0 Å². The van der Waals surface area contributed by atoms with Crippen LogP contribution in [0.2, 0.25) is 0 Å². The van der Waals surface area contributed by atoms with Crippen molar-refractivity contribution in [3.8, 4) is 0 Å². The van der Waals surface area contributed by atoms with Gasteiger partial charge in [0.2, 0.25) is 17.9 Å². The minimum atomic E-state index is -1.52. The topological polar surface area (TPSA) is 262 Å². The molecule has 1 aliphatic heterocycles. The quantitative estimate of drug-likeness (QED) is 0.0440. The summed E-state index contributed by atoms with van der Waals surface area (Å²) in [6.45, 7) is 20.0. The van der Waals surface area contributed by atoms with E-state index < -0.39 is 77.4 Å². The van der Waals surface area contributed by atoms with E-state index in [1.165, 1.54) is 4.90 Å². The summed E-state index contributed by atoms with van der Waals surface area (Å²) in [5.74, 6) is -3.74. The van der Waals surface area contributed by atoms with E-state index in [4.69, 9.17) is 33.7 Å². The van der Waals surface area contributed by atoms with E-state index in [1.54, 1.807) is 54.5 Å². The molecule has 2 aromatic heterocycles. The fourth-order valence-corrected chi connectivity index (χ4v) is 7.36. The van der Waals surface area contributed by atoms with Gasteiger partial charge in [0.15, 0.2) is 5.82 Å². The third-order valence-electron chi connectivity index (χ3n) is 10.4. The van der Waals surface area contributed by atoms with Gasteiger partial charge in [0.25, 0.3) is 5.91 Å². The van der Waals surface area contributed by atoms with Crippen LogP contribution >= 0.6 is 0 Å². The van der Waals surface area contributed by atoms with Gasteiger partial charge in [-0.05, 0) is 66.4 Å². The number of hydrogen-bond acceptors (Lipinski definition) is 14. The van der Waals surface area contributed by atoms with Crippen LogP contribution in [-0.4, -0.2) is 165 Å². The van der Waals surface area contributed by atoms with Crippen molar-refractivity contribution in [2.45, 2.75) is 124 Å². The van der Waals surface area contributed by atoms with E-state index in [0.29, 0.717) is 35.4 Å². The molecule has 67 heavy (non-hydrogen) atoms. The van der Waals surface area contributed by atoms with Crippen molar-refractivity contribution in [1.82, 2.24) is 30.1 Å². The number of aromatic nitrogens is 3. The first-order chi connectivity index (χ1) is 31.6. The number of carboxylic acid groups (broad SMARTS) is 1. The zero-order valence-corrected chi connectivity index (χ0v) is 40.1. The van der Waals surface area contributed by atoms with Gasteiger partial charge in [-0.1, -0.05) is 32.0 Å². The van der Waals surface area contributed by atoms with E-state index >= 15 is 0 Å². The number of hydrogen-bond donors (Lipinski definition) is 5. The molecule has 21 heteroatoms. The smallest absolute Gasteiger partial charge is 0.407 e. The number of imidazole rings is 1. The number of carboxylic acids is 1. The van der Waals surface area contributed by atoms with Crippen LogP contribution in [0.1, 0.15) is 86.9 Å². The van der Waals surface area contributed by atoms with Gasteiger partial charge in [-0.25, -0.2) is 19.6 Å². The van der Waals surface area contributed by atoms with Crippen molar-refractivity contribution in [1.29, 1.82) is 0 Å². The van der Waals surface area contributed by atoms with Crippen LogP contribution in [-0.2, 0) is 60.8 Å². The Bertz CT molecular complexity index is 2210. The number of benzene rings is 1. The van der Waals surface area contributed by atoms with Gasteiger partial charge in [-0.2, -0.15) is 4.58 Å². The Morgan fingerprint density at radius 3 is 2.22 bits per heavy atom. The Balaban J connectivity index is 1.35. The number of aliphatic carboxylic acids is 1. The minimum Gasteiger partial charge on any atom is -0.481 e. The molecule has 3 atom stereocenters. The maximum absolute atomic E-state index is 14.2. The molecular weight excluding hydrogens is 873 g/mol. The number of likely N-dealkylation sites (tertiary alicyclic amines) is 1. The molecule has 3 aromatic rings. The van der Waals surface area contributed by atoms with Gasteiger partial charge in [0.1, 0.15) is 48.8 Å². The molecule has 0 radical (unpaired) electrons. The van der Waals surface area contributed by atoms with Crippen molar-refractivity contribution >= 4 is 70.2 Å². The summed E-state index contributed by atoms with van der Waals surface area (Å²) in [5, 5.41) is 29.7. The lowest BCUT2D eigenvalue weighted by Crippen LogP contribution is -2.56. The molecule has 1 aliphatic rings. The number of pyridine rings is 1. The van der Waals surface area contributed by atoms with E-state index in [9.17, 15) is 39.0 Å². The zero-order valence-electron chi connectivity index (χ0n) is 40.1. The van der Waals surface area contributed by atoms with Gasteiger partial charge in [0.05, 0.1) is 69.2 Å². The first-order valence-electron chi connectivity index (χ1n) is 22.7. The summed E-state index contributed by atoms with van der Waals surface area (Å²) in [6.07, 6.45) is -0.847. The Morgan fingerprint density at radius 1 is 0.940 bits per heavy atom. The predicted octanol–water partition coefficient (Wildman–Crippen LogP) is 3.01. The van der Waals surface area contributed by atoms with Crippen LogP contribution in [0.15, 0.2) is 24.3 Å². The summed E-state index contributed by atoms with van der Waals surface area (Å²) in [6, 6.07) is 3.67. The van der Waals surface area contributed by atoms with Crippen molar-refractivity contribution in [3.63, 3.8) is 0 Å². The molecule has 0 spiro atoms. The molecule has 3 heterocycles. The Kier molecular flexibility index (Phi) is 20.1. The number of rotatable bonds is 26. The van der Waals surface area contributed by atoms with Crippen molar-refractivity contribution in [3.05, 3.63) is 30.1 Å². The molecule has 5 amide bonds. The molecule has 0 unspecified atom stereocenters. The Morgan fingerprint density at radius 2 is 1.60 bits per heavy atom. The molecule has 4 rings (SSSR count). The number of amides is 5. The summed E-state index contributed by atoms with van der Waals surface area (Å²) in [4.78, 5) is 89.8. The number of nitrogens with zero attached hydrogens (tertiary/aromatic N) is 5. The lowest BCUT2D eigenvalue weighted by molar-refractivity contribution is -0.469. The lowest BCUT2D eigenvalue weighted by Gasteiger charge is -2.28.